The van der Waals surface area contributed by atoms with Gasteiger partial charge < -0.3 is 10.8 Å². The Kier molecular flexibility index (Phi) is 4.37. The summed E-state index contributed by atoms with van der Waals surface area (Å²) in [5.41, 5.74) is 7.91. The standard InChI is InChI=1S/C15H16ClNO/c16-13-8-4-7-12(10-13)15(18)14(17)9-11-5-2-1-3-6-11/h1-8,10,14-15,18H,9,17H2. The summed E-state index contributed by atoms with van der Waals surface area (Å²) in [6.07, 6.45) is -0.0713. The second-order valence-electron chi connectivity index (χ2n) is 4.35. The third kappa shape index (κ3) is 3.33. The van der Waals surface area contributed by atoms with Crippen LogP contribution in [0.15, 0.2) is 54.6 Å². The van der Waals surface area contributed by atoms with Gasteiger partial charge in [0, 0.05) is 11.1 Å². The van der Waals surface area contributed by atoms with E-state index in [-0.39, 0.29) is 6.04 Å². The van der Waals surface area contributed by atoms with Crippen molar-refractivity contribution in [2.45, 2.75) is 18.6 Å². The fraction of sp³-hybridized carbons (Fsp3) is 0.200. The minimum Gasteiger partial charge on any atom is -0.387 e. The lowest BCUT2D eigenvalue weighted by molar-refractivity contribution is 0.146. The van der Waals surface area contributed by atoms with E-state index in [1.807, 2.05) is 42.5 Å². The summed E-state index contributed by atoms with van der Waals surface area (Å²) in [6.45, 7) is 0. The van der Waals surface area contributed by atoms with E-state index in [1.54, 1.807) is 12.1 Å². The van der Waals surface area contributed by atoms with Crippen LogP contribution < -0.4 is 5.73 Å². The van der Waals surface area contributed by atoms with E-state index in [2.05, 4.69) is 0 Å². The van der Waals surface area contributed by atoms with Crippen LogP contribution in [0.1, 0.15) is 17.2 Å². The van der Waals surface area contributed by atoms with Crippen LogP contribution in [0.2, 0.25) is 5.02 Å². The highest BCUT2D eigenvalue weighted by Crippen LogP contribution is 2.21. The van der Waals surface area contributed by atoms with Crippen LogP contribution in [-0.2, 0) is 6.42 Å². The highest BCUT2D eigenvalue weighted by Gasteiger charge is 2.17. The lowest BCUT2D eigenvalue weighted by atomic mass is 9.97. The maximum Gasteiger partial charge on any atom is 0.0944 e. The number of hydrogen-bond acceptors (Lipinski definition) is 2. The average Bonchev–Trinajstić information content (AvgIpc) is 2.39. The molecule has 2 aromatic carbocycles. The van der Waals surface area contributed by atoms with Gasteiger partial charge in [0.15, 0.2) is 0 Å². The predicted octanol–water partition coefficient (Wildman–Crippen LogP) is 2.94. The molecule has 0 aliphatic rings. The van der Waals surface area contributed by atoms with Crippen LogP contribution in [0, 0.1) is 0 Å². The van der Waals surface area contributed by atoms with Gasteiger partial charge in [-0.1, -0.05) is 54.1 Å². The molecule has 0 aliphatic heterocycles. The number of benzene rings is 2. The van der Waals surface area contributed by atoms with Gasteiger partial charge in [0.05, 0.1) is 6.10 Å². The van der Waals surface area contributed by atoms with E-state index >= 15 is 0 Å². The van der Waals surface area contributed by atoms with E-state index in [9.17, 15) is 5.11 Å². The normalized spacial score (nSPS) is 14.2. The first-order valence-electron chi connectivity index (χ1n) is 5.90. The first-order valence-corrected chi connectivity index (χ1v) is 6.27. The van der Waals surface area contributed by atoms with Gasteiger partial charge in [0.1, 0.15) is 0 Å². The number of aliphatic hydroxyl groups is 1. The Morgan fingerprint density at radius 1 is 1.06 bits per heavy atom. The summed E-state index contributed by atoms with van der Waals surface area (Å²) in [5.74, 6) is 0. The zero-order chi connectivity index (χ0) is 13.0. The molecule has 0 saturated carbocycles. The zero-order valence-corrected chi connectivity index (χ0v) is 10.7. The molecule has 0 aliphatic carbocycles. The average molecular weight is 262 g/mol. The highest BCUT2D eigenvalue weighted by atomic mass is 35.5. The number of aliphatic hydroxyl groups excluding tert-OH is 1. The molecule has 2 atom stereocenters. The molecule has 2 rings (SSSR count). The van der Waals surface area contributed by atoms with Gasteiger partial charge in [-0.05, 0) is 29.7 Å². The Hall–Kier alpha value is -1.35. The maximum atomic E-state index is 10.2. The first-order chi connectivity index (χ1) is 8.66. The lowest BCUT2D eigenvalue weighted by Crippen LogP contribution is -2.30. The molecular formula is C15H16ClNO. The van der Waals surface area contributed by atoms with Crippen molar-refractivity contribution in [3.63, 3.8) is 0 Å². The molecule has 0 saturated heterocycles. The van der Waals surface area contributed by atoms with Crippen molar-refractivity contribution in [3.8, 4) is 0 Å². The largest absolute Gasteiger partial charge is 0.387 e. The SMILES string of the molecule is NC(Cc1ccccc1)C(O)c1cccc(Cl)c1. The molecule has 2 nitrogen and oxygen atoms in total. The van der Waals surface area contributed by atoms with Crippen molar-refractivity contribution in [1.82, 2.24) is 0 Å². The molecule has 0 bridgehead atoms. The molecule has 2 aromatic rings. The van der Waals surface area contributed by atoms with Gasteiger partial charge in [-0.15, -0.1) is 0 Å². The van der Waals surface area contributed by atoms with Gasteiger partial charge in [0.25, 0.3) is 0 Å². The molecule has 3 heteroatoms. The van der Waals surface area contributed by atoms with Crippen molar-refractivity contribution < 1.29 is 5.11 Å². The van der Waals surface area contributed by atoms with Crippen LogP contribution >= 0.6 is 11.6 Å². The molecular weight excluding hydrogens is 246 g/mol. The van der Waals surface area contributed by atoms with Crippen molar-refractivity contribution in [2.75, 3.05) is 0 Å². The van der Waals surface area contributed by atoms with Crippen LogP contribution in [0.4, 0.5) is 0 Å². The smallest absolute Gasteiger partial charge is 0.0944 e. The van der Waals surface area contributed by atoms with E-state index in [1.165, 1.54) is 0 Å². The van der Waals surface area contributed by atoms with Crippen molar-refractivity contribution in [1.29, 1.82) is 0 Å². The number of halogens is 1. The van der Waals surface area contributed by atoms with Gasteiger partial charge in [0.2, 0.25) is 0 Å². The monoisotopic (exact) mass is 261 g/mol. The van der Waals surface area contributed by atoms with Gasteiger partial charge >= 0.3 is 0 Å². The van der Waals surface area contributed by atoms with Gasteiger partial charge in [-0.3, -0.25) is 0 Å². The Morgan fingerprint density at radius 2 is 1.78 bits per heavy atom. The highest BCUT2D eigenvalue weighted by molar-refractivity contribution is 6.30. The Morgan fingerprint density at radius 3 is 2.44 bits per heavy atom. The van der Waals surface area contributed by atoms with Gasteiger partial charge in [-0.2, -0.15) is 0 Å². The van der Waals surface area contributed by atoms with E-state index in [0.717, 1.165) is 11.1 Å². The minimum atomic E-state index is -0.705. The number of rotatable bonds is 4. The van der Waals surface area contributed by atoms with Crippen LogP contribution in [0.3, 0.4) is 0 Å². The number of nitrogens with two attached hydrogens (primary N) is 1. The molecule has 0 spiro atoms. The zero-order valence-electron chi connectivity index (χ0n) is 9.96. The lowest BCUT2D eigenvalue weighted by Gasteiger charge is -2.19. The van der Waals surface area contributed by atoms with E-state index in [4.69, 9.17) is 17.3 Å². The second-order valence-corrected chi connectivity index (χ2v) is 4.79. The third-order valence-electron chi connectivity index (χ3n) is 2.91. The fourth-order valence-electron chi connectivity index (χ4n) is 1.94. The second kappa shape index (κ2) is 6.01. The van der Waals surface area contributed by atoms with Crippen molar-refractivity contribution in [2.24, 2.45) is 5.73 Å². The molecule has 0 aromatic heterocycles. The molecule has 18 heavy (non-hydrogen) atoms. The molecule has 0 radical (unpaired) electrons. The Labute approximate surface area is 112 Å². The summed E-state index contributed by atoms with van der Waals surface area (Å²) < 4.78 is 0. The summed E-state index contributed by atoms with van der Waals surface area (Å²) in [7, 11) is 0. The Bertz CT molecular complexity index is 501. The molecule has 0 heterocycles. The van der Waals surface area contributed by atoms with E-state index < -0.39 is 6.10 Å². The first kappa shape index (κ1) is 13.1. The molecule has 94 valence electrons. The summed E-state index contributed by atoms with van der Waals surface area (Å²) >= 11 is 5.90. The number of hydrogen-bond donors (Lipinski definition) is 2. The quantitative estimate of drug-likeness (QED) is 0.889. The van der Waals surface area contributed by atoms with Gasteiger partial charge in [-0.25, -0.2) is 0 Å². The summed E-state index contributed by atoms with van der Waals surface area (Å²) in [5, 5.41) is 10.8. The minimum absolute atomic E-state index is 0.342. The molecule has 0 fully saturated rings. The van der Waals surface area contributed by atoms with Crippen molar-refractivity contribution >= 4 is 11.6 Å². The molecule has 3 N–H and O–H groups in total. The summed E-state index contributed by atoms with van der Waals surface area (Å²) in [6, 6.07) is 16.7. The molecule has 0 amide bonds. The fourth-order valence-corrected chi connectivity index (χ4v) is 2.13. The van der Waals surface area contributed by atoms with Crippen LogP contribution in [0.25, 0.3) is 0 Å². The maximum absolute atomic E-state index is 10.2. The topological polar surface area (TPSA) is 46.2 Å². The van der Waals surface area contributed by atoms with Crippen LogP contribution in [-0.4, -0.2) is 11.1 Å². The Balaban J connectivity index is 2.07. The van der Waals surface area contributed by atoms with Crippen molar-refractivity contribution in [3.05, 3.63) is 70.7 Å². The third-order valence-corrected chi connectivity index (χ3v) is 3.15. The predicted molar refractivity (Wildman–Crippen MR) is 74.5 cm³/mol. The molecule has 2 unspecified atom stereocenters. The van der Waals surface area contributed by atoms with Crippen LogP contribution in [0.5, 0.6) is 0 Å². The van der Waals surface area contributed by atoms with E-state index in [0.29, 0.717) is 11.4 Å². The summed E-state index contributed by atoms with van der Waals surface area (Å²) in [4.78, 5) is 0.